The third-order valence-corrected chi connectivity index (χ3v) is 2.75. The molecule has 2 N–H and O–H groups in total. The Labute approximate surface area is 112 Å². The minimum absolute atomic E-state index is 0.138. The highest BCUT2D eigenvalue weighted by Gasteiger charge is 2.20. The molecule has 19 heavy (non-hydrogen) atoms. The topological polar surface area (TPSA) is 84.5 Å². The molecule has 0 radical (unpaired) electrons. The molecule has 2 amide bonds. The van der Waals surface area contributed by atoms with Crippen LogP contribution in [-0.4, -0.2) is 37.0 Å². The predicted octanol–water partition coefficient (Wildman–Crippen LogP) is 0.281. The minimum atomic E-state index is -0.641. The third-order valence-electron chi connectivity index (χ3n) is 2.75. The molecule has 1 unspecified atom stereocenters. The first-order chi connectivity index (χ1) is 8.99. The maximum Gasteiger partial charge on any atom is 0.328 e. The van der Waals surface area contributed by atoms with Crippen LogP contribution in [0.4, 0.5) is 0 Å². The van der Waals surface area contributed by atoms with Gasteiger partial charge in [0.2, 0.25) is 11.8 Å². The largest absolute Gasteiger partial charge is 0.464 e. The highest BCUT2D eigenvalue weighted by molar-refractivity contribution is 5.88. The highest BCUT2D eigenvalue weighted by atomic mass is 16.5. The average molecular weight is 268 g/mol. The molecule has 0 spiro atoms. The van der Waals surface area contributed by atoms with Gasteiger partial charge in [-0.05, 0) is 19.8 Å². The Balaban J connectivity index is 2.66. The Bertz CT molecular complexity index is 390. The number of rotatable bonds is 1. The predicted molar refractivity (Wildman–Crippen MR) is 69.2 cm³/mol. The third kappa shape index (κ3) is 6.03. The zero-order chi connectivity index (χ0) is 14.3. The Hall–Kier alpha value is -1.85. The second kappa shape index (κ2) is 7.56. The van der Waals surface area contributed by atoms with Crippen LogP contribution in [0, 0.1) is 0 Å². The summed E-state index contributed by atoms with van der Waals surface area (Å²) in [6, 6.07) is -0.641. The van der Waals surface area contributed by atoms with Crippen molar-refractivity contribution in [1.82, 2.24) is 10.6 Å². The van der Waals surface area contributed by atoms with E-state index in [4.69, 9.17) is 4.74 Å². The molecule has 0 aromatic carbocycles. The van der Waals surface area contributed by atoms with Gasteiger partial charge in [0.05, 0.1) is 6.61 Å². The SMILES string of the molecule is CC(=O)NC1CCCNC(=O)C=C(C)CCOC1=O. The lowest BCUT2D eigenvalue weighted by Crippen LogP contribution is -2.41. The lowest BCUT2D eigenvalue weighted by Gasteiger charge is -2.17. The Kier molecular flexibility index (Phi) is 6.05. The first kappa shape index (κ1) is 15.2. The van der Waals surface area contributed by atoms with E-state index in [1.165, 1.54) is 13.0 Å². The monoisotopic (exact) mass is 268 g/mol. The fraction of sp³-hybridized carbons (Fsp3) is 0.615. The smallest absolute Gasteiger partial charge is 0.328 e. The fourth-order valence-electron chi connectivity index (χ4n) is 1.77. The number of carbonyl (C=O) groups excluding carboxylic acids is 3. The number of carbonyl (C=O) groups is 3. The van der Waals surface area contributed by atoms with Crippen molar-refractivity contribution in [3.63, 3.8) is 0 Å². The van der Waals surface area contributed by atoms with E-state index in [0.29, 0.717) is 25.8 Å². The Morgan fingerprint density at radius 3 is 2.89 bits per heavy atom. The molecule has 1 atom stereocenters. The number of amides is 2. The van der Waals surface area contributed by atoms with Crippen molar-refractivity contribution in [3.05, 3.63) is 11.6 Å². The molecular weight excluding hydrogens is 248 g/mol. The molecule has 0 aromatic rings. The van der Waals surface area contributed by atoms with Crippen LogP contribution >= 0.6 is 0 Å². The van der Waals surface area contributed by atoms with Gasteiger partial charge in [-0.15, -0.1) is 0 Å². The van der Waals surface area contributed by atoms with Crippen LogP contribution in [0.15, 0.2) is 11.6 Å². The van der Waals surface area contributed by atoms with Crippen LogP contribution in [0.5, 0.6) is 0 Å². The number of cyclic esters (lactones) is 1. The van der Waals surface area contributed by atoms with Crippen LogP contribution in [-0.2, 0) is 19.1 Å². The summed E-state index contributed by atoms with van der Waals surface area (Å²) < 4.78 is 5.11. The second-order valence-electron chi connectivity index (χ2n) is 4.59. The molecule has 1 rings (SSSR count). The van der Waals surface area contributed by atoms with E-state index in [2.05, 4.69) is 10.6 Å². The summed E-state index contributed by atoms with van der Waals surface area (Å²) in [5, 5.41) is 5.30. The van der Waals surface area contributed by atoms with E-state index in [0.717, 1.165) is 5.57 Å². The maximum atomic E-state index is 11.8. The second-order valence-corrected chi connectivity index (χ2v) is 4.59. The zero-order valence-corrected chi connectivity index (χ0v) is 11.3. The van der Waals surface area contributed by atoms with Crippen molar-refractivity contribution in [3.8, 4) is 0 Å². The molecule has 0 bridgehead atoms. The fourth-order valence-corrected chi connectivity index (χ4v) is 1.77. The van der Waals surface area contributed by atoms with E-state index in [-0.39, 0.29) is 18.4 Å². The van der Waals surface area contributed by atoms with E-state index < -0.39 is 12.0 Å². The first-order valence-corrected chi connectivity index (χ1v) is 6.38. The summed E-state index contributed by atoms with van der Waals surface area (Å²) >= 11 is 0. The van der Waals surface area contributed by atoms with Gasteiger partial charge >= 0.3 is 5.97 Å². The summed E-state index contributed by atoms with van der Waals surface area (Å²) in [7, 11) is 0. The maximum absolute atomic E-state index is 11.8. The van der Waals surface area contributed by atoms with E-state index >= 15 is 0 Å². The van der Waals surface area contributed by atoms with Crippen molar-refractivity contribution in [1.29, 1.82) is 0 Å². The summed E-state index contributed by atoms with van der Waals surface area (Å²) in [6.07, 6.45) is 3.06. The number of hydrogen-bond acceptors (Lipinski definition) is 4. The molecule has 6 heteroatoms. The van der Waals surface area contributed by atoms with Gasteiger partial charge in [0, 0.05) is 26.0 Å². The molecular formula is C13H20N2O4. The molecule has 1 heterocycles. The molecule has 0 aliphatic carbocycles. The van der Waals surface area contributed by atoms with Gasteiger partial charge < -0.3 is 15.4 Å². The standard InChI is InChI=1S/C13H20N2O4/c1-9-5-7-19-13(18)11(15-10(2)16)4-3-6-14-12(17)8-9/h8,11H,3-7H2,1-2H3,(H,14,17)(H,15,16). The van der Waals surface area contributed by atoms with Crippen LogP contribution < -0.4 is 10.6 Å². The summed E-state index contributed by atoms with van der Waals surface area (Å²) in [4.78, 5) is 34.3. The molecule has 6 nitrogen and oxygen atoms in total. The van der Waals surface area contributed by atoms with E-state index in [9.17, 15) is 14.4 Å². The van der Waals surface area contributed by atoms with Gasteiger partial charge in [0.25, 0.3) is 0 Å². The van der Waals surface area contributed by atoms with Gasteiger partial charge in [-0.1, -0.05) is 5.57 Å². The number of nitrogens with one attached hydrogen (secondary N) is 2. The highest BCUT2D eigenvalue weighted by Crippen LogP contribution is 2.05. The zero-order valence-electron chi connectivity index (χ0n) is 11.3. The Morgan fingerprint density at radius 2 is 2.21 bits per heavy atom. The lowest BCUT2D eigenvalue weighted by molar-refractivity contribution is -0.147. The quantitative estimate of drug-likeness (QED) is 0.669. The lowest BCUT2D eigenvalue weighted by atomic mass is 10.1. The molecule has 0 fully saturated rings. The van der Waals surface area contributed by atoms with E-state index in [1.807, 2.05) is 6.92 Å². The van der Waals surface area contributed by atoms with E-state index in [1.54, 1.807) is 0 Å². The van der Waals surface area contributed by atoms with Crippen molar-refractivity contribution < 1.29 is 19.1 Å². The summed E-state index contributed by atoms with van der Waals surface area (Å²) in [5.74, 6) is -0.829. The van der Waals surface area contributed by atoms with Crippen LogP contribution in [0.2, 0.25) is 0 Å². The van der Waals surface area contributed by atoms with Crippen LogP contribution in [0.3, 0.4) is 0 Å². The summed E-state index contributed by atoms with van der Waals surface area (Å²) in [6.45, 7) is 3.85. The van der Waals surface area contributed by atoms with Crippen molar-refractivity contribution in [2.75, 3.05) is 13.2 Å². The van der Waals surface area contributed by atoms with Gasteiger partial charge in [0.1, 0.15) is 6.04 Å². The molecule has 0 saturated carbocycles. The minimum Gasteiger partial charge on any atom is -0.464 e. The molecule has 1 aliphatic rings. The van der Waals surface area contributed by atoms with Crippen molar-refractivity contribution in [2.45, 2.75) is 39.2 Å². The Morgan fingerprint density at radius 1 is 1.47 bits per heavy atom. The van der Waals surface area contributed by atoms with Gasteiger partial charge in [0.15, 0.2) is 0 Å². The molecule has 0 aromatic heterocycles. The average Bonchev–Trinajstić information content (AvgIpc) is 2.31. The van der Waals surface area contributed by atoms with Crippen molar-refractivity contribution in [2.24, 2.45) is 0 Å². The number of ether oxygens (including phenoxy) is 1. The molecule has 106 valence electrons. The normalized spacial score (nSPS) is 22.2. The van der Waals surface area contributed by atoms with Crippen LogP contribution in [0.25, 0.3) is 0 Å². The molecule has 1 aliphatic heterocycles. The van der Waals surface area contributed by atoms with Crippen molar-refractivity contribution >= 4 is 17.8 Å². The van der Waals surface area contributed by atoms with Crippen LogP contribution in [0.1, 0.15) is 33.1 Å². The van der Waals surface area contributed by atoms with Gasteiger partial charge in [-0.3, -0.25) is 9.59 Å². The number of hydrogen-bond donors (Lipinski definition) is 2. The number of esters is 1. The summed E-state index contributed by atoms with van der Waals surface area (Å²) in [5.41, 5.74) is 0.849. The van der Waals surface area contributed by atoms with Gasteiger partial charge in [-0.2, -0.15) is 0 Å². The van der Waals surface area contributed by atoms with Gasteiger partial charge in [-0.25, -0.2) is 4.79 Å². The first-order valence-electron chi connectivity index (χ1n) is 6.38. The molecule has 0 saturated heterocycles.